The van der Waals surface area contributed by atoms with Crippen LogP contribution in [-0.2, 0) is 4.79 Å². The van der Waals surface area contributed by atoms with Crippen LogP contribution >= 0.6 is 0 Å². The van der Waals surface area contributed by atoms with Crippen molar-refractivity contribution < 1.29 is 9.59 Å². The molecular weight excluding hydrogens is 422 g/mol. The quantitative estimate of drug-likeness (QED) is 0.625. The molecule has 34 heavy (non-hydrogen) atoms. The summed E-state index contributed by atoms with van der Waals surface area (Å²) in [5.74, 6) is 1.43. The zero-order valence-corrected chi connectivity index (χ0v) is 21.1. The van der Waals surface area contributed by atoms with Crippen molar-refractivity contribution in [1.82, 2.24) is 15.1 Å². The molecule has 2 saturated heterocycles. The van der Waals surface area contributed by atoms with E-state index >= 15 is 0 Å². The summed E-state index contributed by atoms with van der Waals surface area (Å²) in [6.45, 7) is 12.8. The minimum Gasteiger partial charge on any atom is -0.349 e. The number of hydrogen-bond donors (Lipinski definition) is 1. The lowest BCUT2D eigenvalue weighted by atomic mass is 10.0. The van der Waals surface area contributed by atoms with Crippen LogP contribution in [0.4, 0.5) is 0 Å². The molecule has 2 aromatic rings. The highest BCUT2D eigenvalue weighted by atomic mass is 16.2. The van der Waals surface area contributed by atoms with Crippen LogP contribution in [0, 0.1) is 31.6 Å². The first kappa shape index (κ1) is 24.5. The molecule has 182 valence electrons. The van der Waals surface area contributed by atoms with Gasteiger partial charge in [0, 0.05) is 44.2 Å². The summed E-state index contributed by atoms with van der Waals surface area (Å²) in [4.78, 5) is 30.4. The van der Waals surface area contributed by atoms with E-state index in [1.54, 1.807) is 0 Å². The van der Waals surface area contributed by atoms with Crippen molar-refractivity contribution in [1.29, 1.82) is 0 Å². The van der Waals surface area contributed by atoms with E-state index in [2.05, 4.69) is 34.2 Å². The second-order valence-corrected chi connectivity index (χ2v) is 10.3. The first-order valence-corrected chi connectivity index (χ1v) is 12.8. The average molecular weight is 462 g/mol. The van der Waals surface area contributed by atoms with Gasteiger partial charge in [-0.25, -0.2) is 0 Å². The van der Waals surface area contributed by atoms with Crippen LogP contribution < -0.4 is 5.32 Å². The van der Waals surface area contributed by atoms with Crippen molar-refractivity contribution >= 4 is 11.8 Å². The van der Waals surface area contributed by atoms with Crippen LogP contribution in [0.25, 0.3) is 0 Å². The molecule has 2 amide bonds. The monoisotopic (exact) mass is 461 g/mol. The summed E-state index contributed by atoms with van der Waals surface area (Å²) >= 11 is 0. The Kier molecular flexibility index (Phi) is 7.72. The van der Waals surface area contributed by atoms with Crippen molar-refractivity contribution in [3.8, 4) is 0 Å². The van der Waals surface area contributed by atoms with Crippen LogP contribution in [-0.4, -0.2) is 54.3 Å². The molecule has 2 heterocycles. The molecule has 0 aliphatic carbocycles. The second-order valence-electron chi connectivity index (χ2n) is 10.3. The summed E-state index contributed by atoms with van der Waals surface area (Å²) < 4.78 is 0. The summed E-state index contributed by atoms with van der Waals surface area (Å²) in [5.41, 5.74) is 4.18. The maximum Gasteiger partial charge on any atom is 0.254 e. The molecule has 1 N–H and O–H groups in total. The molecule has 0 radical (unpaired) electrons. The molecule has 0 aromatic heterocycles. The third-order valence-electron chi connectivity index (χ3n) is 7.86. The van der Waals surface area contributed by atoms with Gasteiger partial charge in [-0.15, -0.1) is 0 Å². The van der Waals surface area contributed by atoms with Gasteiger partial charge >= 0.3 is 0 Å². The minimum absolute atomic E-state index is 0.0257. The highest BCUT2D eigenvalue weighted by molar-refractivity contribution is 5.97. The molecular formula is C29H39N3O2. The molecule has 0 bridgehead atoms. The fourth-order valence-corrected chi connectivity index (χ4v) is 5.57. The van der Waals surface area contributed by atoms with Gasteiger partial charge in [-0.2, -0.15) is 0 Å². The van der Waals surface area contributed by atoms with E-state index in [-0.39, 0.29) is 23.8 Å². The number of hydrogen-bond acceptors (Lipinski definition) is 3. The van der Waals surface area contributed by atoms with E-state index in [9.17, 15) is 9.59 Å². The van der Waals surface area contributed by atoms with Crippen molar-refractivity contribution in [3.05, 3.63) is 70.8 Å². The van der Waals surface area contributed by atoms with Crippen molar-refractivity contribution in [2.75, 3.05) is 32.7 Å². The number of rotatable bonds is 8. The fourth-order valence-electron chi connectivity index (χ4n) is 5.57. The number of likely N-dealkylation sites (tertiary alicyclic amines) is 2. The Morgan fingerprint density at radius 1 is 0.941 bits per heavy atom. The normalized spacial score (nSPS) is 21.8. The number of amides is 2. The van der Waals surface area contributed by atoms with Crippen LogP contribution in [0.2, 0.25) is 0 Å². The smallest absolute Gasteiger partial charge is 0.254 e. The van der Waals surface area contributed by atoms with E-state index in [1.807, 2.05) is 57.2 Å². The zero-order valence-electron chi connectivity index (χ0n) is 21.1. The molecule has 2 fully saturated rings. The van der Waals surface area contributed by atoms with E-state index in [0.717, 1.165) is 62.3 Å². The largest absolute Gasteiger partial charge is 0.349 e. The van der Waals surface area contributed by atoms with Crippen LogP contribution in [0.15, 0.2) is 48.5 Å². The average Bonchev–Trinajstić information content (AvgIpc) is 3.40. The van der Waals surface area contributed by atoms with Gasteiger partial charge in [0.15, 0.2) is 0 Å². The Morgan fingerprint density at radius 3 is 2.15 bits per heavy atom. The van der Waals surface area contributed by atoms with Gasteiger partial charge in [0.1, 0.15) is 0 Å². The van der Waals surface area contributed by atoms with Crippen molar-refractivity contribution in [2.24, 2.45) is 17.8 Å². The number of benzene rings is 2. The standard InChI is InChI=1S/C29H39N3O2/c1-5-20(2)28(33)30-26(23-12-7-6-8-13-23)14-15-31-16-24-18-32(19-25(24)17-31)29(34)27-21(3)10-9-11-22(27)4/h6-13,20,24-26H,5,14-19H2,1-4H3,(H,30,33). The Hall–Kier alpha value is -2.66. The number of aryl methyl sites for hydroxylation is 2. The molecule has 4 unspecified atom stereocenters. The van der Waals surface area contributed by atoms with Crippen LogP contribution in [0.3, 0.4) is 0 Å². The first-order chi connectivity index (χ1) is 16.4. The van der Waals surface area contributed by atoms with Crippen LogP contribution in [0.1, 0.15) is 59.8 Å². The highest BCUT2D eigenvalue weighted by Crippen LogP contribution is 2.33. The summed E-state index contributed by atoms with van der Waals surface area (Å²) in [6, 6.07) is 16.4. The predicted octanol–water partition coefficient (Wildman–Crippen LogP) is 4.60. The van der Waals surface area contributed by atoms with Gasteiger partial charge in [-0.1, -0.05) is 62.4 Å². The summed E-state index contributed by atoms with van der Waals surface area (Å²) in [7, 11) is 0. The fraction of sp³-hybridized carbons (Fsp3) is 0.517. The molecule has 0 saturated carbocycles. The van der Waals surface area contributed by atoms with E-state index in [1.165, 1.54) is 5.56 Å². The SMILES string of the molecule is CCC(C)C(=O)NC(CCN1CC2CN(C(=O)c3c(C)cccc3C)CC2C1)c1ccccc1. The third kappa shape index (κ3) is 5.35. The Balaban J connectivity index is 1.34. The number of carbonyl (C=O) groups is 2. The lowest BCUT2D eigenvalue weighted by Crippen LogP contribution is -2.36. The second kappa shape index (κ2) is 10.7. The Bertz CT molecular complexity index is 971. The summed E-state index contributed by atoms with van der Waals surface area (Å²) in [5, 5.41) is 3.29. The molecule has 2 aliphatic rings. The van der Waals surface area contributed by atoms with Crippen molar-refractivity contribution in [2.45, 2.75) is 46.6 Å². The maximum absolute atomic E-state index is 13.2. The van der Waals surface area contributed by atoms with E-state index in [4.69, 9.17) is 0 Å². The molecule has 0 spiro atoms. The maximum atomic E-state index is 13.2. The molecule has 2 aromatic carbocycles. The van der Waals surface area contributed by atoms with E-state index in [0.29, 0.717) is 11.8 Å². The van der Waals surface area contributed by atoms with Gasteiger partial charge < -0.3 is 15.1 Å². The van der Waals surface area contributed by atoms with Gasteiger partial charge in [0.25, 0.3) is 5.91 Å². The number of nitrogens with one attached hydrogen (secondary N) is 1. The van der Waals surface area contributed by atoms with Gasteiger partial charge in [0.05, 0.1) is 6.04 Å². The van der Waals surface area contributed by atoms with Gasteiger partial charge in [0.2, 0.25) is 5.91 Å². The Labute approximate surface area is 204 Å². The topological polar surface area (TPSA) is 52.7 Å². The number of fused-ring (bicyclic) bond motifs is 1. The van der Waals surface area contributed by atoms with Gasteiger partial charge in [-0.3, -0.25) is 9.59 Å². The Morgan fingerprint density at radius 2 is 1.56 bits per heavy atom. The zero-order chi connectivity index (χ0) is 24.2. The molecule has 2 aliphatic heterocycles. The number of nitrogens with zero attached hydrogens (tertiary/aromatic N) is 2. The van der Waals surface area contributed by atoms with Crippen molar-refractivity contribution in [3.63, 3.8) is 0 Å². The molecule has 5 heteroatoms. The lowest BCUT2D eigenvalue weighted by molar-refractivity contribution is -0.125. The lowest BCUT2D eigenvalue weighted by Gasteiger charge is -2.26. The summed E-state index contributed by atoms with van der Waals surface area (Å²) in [6.07, 6.45) is 1.75. The number of carbonyl (C=O) groups excluding carboxylic acids is 2. The predicted molar refractivity (Wildman–Crippen MR) is 137 cm³/mol. The molecule has 5 nitrogen and oxygen atoms in total. The van der Waals surface area contributed by atoms with E-state index < -0.39 is 0 Å². The first-order valence-electron chi connectivity index (χ1n) is 12.8. The molecule has 4 rings (SSSR count). The van der Waals surface area contributed by atoms with Gasteiger partial charge in [-0.05, 0) is 55.2 Å². The highest BCUT2D eigenvalue weighted by Gasteiger charge is 2.42. The minimum atomic E-state index is 0.0257. The van der Waals surface area contributed by atoms with Crippen LogP contribution in [0.5, 0.6) is 0 Å². The molecule has 4 atom stereocenters. The third-order valence-corrected chi connectivity index (χ3v) is 7.86.